The Kier molecular flexibility index (Phi) is 5.38. The highest BCUT2D eigenvalue weighted by Gasteiger charge is 2.18. The van der Waals surface area contributed by atoms with Gasteiger partial charge >= 0.3 is 0 Å². The summed E-state index contributed by atoms with van der Waals surface area (Å²) in [7, 11) is 0. The van der Waals surface area contributed by atoms with E-state index in [-0.39, 0.29) is 0 Å². The van der Waals surface area contributed by atoms with Crippen LogP contribution in [0.5, 0.6) is 0 Å². The second-order valence-electron chi connectivity index (χ2n) is 9.97. The maximum atomic E-state index is 6.31. The van der Waals surface area contributed by atoms with Gasteiger partial charge in [0.25, 0.3) is 0 Å². The van der Waals surface area contributed by atoms with Crippen LogP contribution in [0.3, 0.4) is 0 Å². The summed E-state index contributed by atoms with van der Waals surface area (Å²) in [5.41, 5.74) is 6.66. The zero-order valence-corrected chi connectivity index (χ0v) is 21.9. The van der Waals surface area contributed by atoms with E-state index in [1.807, 2.05) is 85.2 Å². The summed E-state index contributed by atoms with van der Waals surface area (Å²) in [5.74, 6) is 1.85. The minimum atomic E-state index is 0.601. The van der Waals surface area contributed by atoms with Gasteiger partial charge in [0, 0.05) is 45.2 Å². The van der Waals surface area contributed by atoms with E-state index in [0.29, 0.717) is 17.5 Å². The molecule has 0 atom stereocenters. The molecule has 0 radical (unpaired) electrons. The fourth-order valence-corrected chi connectivity index (χ4v) is 5.38. The molecule has 8 rings (SSSR count). The van der Waals surface area contributed by atoms with E-state index in [9.17, 15) is 0 Å². The molecule has 0 bridgehead atoms. The first-order valence-electron chi connectivity index (χ1n) is 13.5. The van der Waals surface area contributed by atoms with Crippen molar-refractivity contribution in [2.24, 2.45) is 0 Å². The maximum Gasteiger partial charge on any atom is 0.164 e. The Labute approximate surface area is 235 Å². The molecule has 41 heavy (non-hydrogen) atoms. The van der Waals surface area contributed by atoms with E-state index in [1.165, 1.54) is 5.56 Å². The van der Waals surface area contributed by atoms with Gasteiger partial charge in [0.15, 0.2) is 17.5 Å². The molecule has 8 aromatic rings. The largest absolute Gasteiger partial charge is 0.456 e. The summed E-state index contributed by atoms with van der Waals surface area (Å²) < 4.78 is 6.31. The molecule has 0 saturated carbocycles. The van der Waals surface area contributed by atoms with Crippen LogP contribution < -0.4 is 0 Å². The van der Waals surface area contributed by atoms with Crippen molar-refractivity contribution in [3.8, 4) is 45.3 Å². The topological polar surface area (TPSA) is 64.7 Å². The molecular weight excluding hydrogens is 504 g/mol. The summed E-state index contributed by atoms with van der Waals surface area (Å²) in [6.45, 7) is 0. The fraction of sp³-hybridized carbons (Fsp3) is 0. The van der Waals surface area contributed by atoms with Crippen LogP contribution >= 0.6 is 0 Å². The third-order valence-electron chi connectivity index (χ3n) is 7.41. The first-order chi connectivity index (χ1) is 20.3. The molecule has 3 heterocycles. The first kappa shape index (κ1) is 23.2. The number of hydrogen-bond donors (Lipinski definition) is 0. The number of benzene rings is 5. The summed E-state index contributed by atoms with van der Waals surface area (Å²) in [6.07, 6.45) is 3.67. The maximum absolute atomic E-state index is 6.31. The molecule has 192 valence electrons. The van der Waals surface area contributed by atoms with Crippen LogP contribution in [0, 0.1) is 0 Å². The van der Waals surface area contributed by atoms with Gasteiger partial charge in [-0.1, -0.05) is 97.1 Å². The standard InChI is InChI=1S/C36H22N4O/c1-3-8-23(9-4-1)24-14-16-26(17-15-24)35-38-34(25-10-5-2-6-11-25)39-36(40-35)29-12-7-13-31-33(29)30-20-27-18-19-37-22-28(27)21-32(30)41-31/h1-22H. The van der Waals surface area contributed by atoms with Crippen molar-refractivity contribution in [3.63, 3.8) is 0 Å². The van der Waals surface area contributed by atoms with Gasteiger partial charge in [-0.2, -0.15) is 0 Å². The summed E-state index contributed by atoms with van der Waals surface area (Å²) in [5, 5.41) is 4.14. The van der Waals surface area contributed by atoms with Crippen LogP contribution in [-0.4, -0.2) is 19.9 Å². The van der Waals surface area contributed by atoms with E-state index in [0.717, 1.165) is 55.0 Å². The Morgan fingerprint density at radius 3 is 1.85 bits per heavy atom. The van der Waals surface area contributed by atoms with Gasteiger partial charge < -0.3 is 4.42 Å². The van der Waals surface area contributed by atoms with Gasteiger partial charge in [0.05, 0.1) is 0 Å². The molecule has 0 aliphatic heterocycles. The molecule has 5 heteroatoms. The number of hydrogen-bond acceptors (Lipinski definition) is 5. The molecule has 0 unspecified atom stereocenters. The van der Waals surface area contributed by atoms with Crippen molar-refractivity contribution in [2.45, 2.75) is 0 Å². The number of pyridine rings is 1. The molecule has 0 amide bonds. The van der Waals surface area contributed by atoms with Gasteiger partial charge in [-0.3, -0.25) is 4.98 Å². The van der Waals surface area contributed by atoms with Crippen molar-refractivity contribution in [1.82, 2.24) is 19.9 Å². The van der Waals surface area contributed by atoms with Crippen molar-refractivity contribution < 1.29 is 4.42 Å². The normalized spacial score (nSPS) is 11.4. The van der Waals surface area contributed by atoms with Crippen LogP contribution in [0.1, 0.15) is 0 Å². The van der Waals surface area contributed by atoms with Gasteiger partial charge in [0.1, 0.15) is 11.2 Å². The molecular formula is C36H22N4O. The second-order valence-corrected chi connectivity index (χ2v) is 9.97. The lowest BCUT2D eigenvalue weighted by Gasteiger charge is -2.10. The van der Waals surface area contributed by atoms with Gasteiger partial charge in [0.2, 0.25) is 0 Å². The number of nitrogens with zero attached hydrogens (tertiary/aromatic N) is 4. The Balaban J connectivity index is 1.34. The van der Waals surface area contributed by atoms with Gasteiger partial charge in [-0.25, -0.2) is 15.0 Å². The Bertz CT molecular complexity index is 2190. The number of aromatic nitrogens is 4. The fourth-order valence-electron chi connectivity index (χ4n) is 5.38. The highest BCUT2D eigenvalue weighted by Crippen LogP contribution is 2.38. The smallest absolute Gasteiger partial charge is 0.164 e. The lowest BCUT2D eigenvalue weighted by molar-refractivity contribution is 0.669. The van der Waals surface area contributed by atoms with Crippen molar-refractivity contribution in [1.29, 1.82) is 0 Å². The second kappa shape index (κ2) is 9.50. The summed E-state index contributed by atoms with van der Waals surface area (Å²) >= 11 is 0. The molecule has 0 saturated heterocycles. The van der Waals surface area contributed by atoms with Crippen LogP contribution in [-0.2, 0) is 0 Å². The Hall–Kier alpha value is -5.68. The Morgan fingerprint density at radius 2 is 1.10 bits per heavy atom. The lowest BCUT2D eigenvalue weighted by Crippen LogP contribution is -2.00. The van der Waals surface area contributed by atoms with Crippen LogP contribution in [0.25, 0.3) is 78.0 Å². The highest BCUT2D eigenvalue weighted by atomic mass is 16.3. The van der Waals surface area contributed by atoms with E-state index < -0.39 is 0 Å². The zero-order valence-electron chi connectivity index (χ0n) is 21.9. The van der Waals surface area contributed by atoms with Crippen molar-refractivity contribution in [3.05, 3.63) is 134 Å². The number of rotatable bonds is 4. The average Bonchev–Trinajstić information content (AvgIpc) is 3.42. The Morgan fingerprint density at radius 1 is 0.463 bits per heavy atom. The quantitative estimate of drug-likeness (QED) is 0.229. The monoisotopic (exact) mass is 526 g/mol. The third-order valence-corrected chi connectivity index (χ3v) is 7.41. The molecule has 5 nitrogen and oxygen atoms in total. The zero-order chi connectivity index (χ0) is 27.2. The lowest BCUT2D eigenvalue weighted by atomic mass is 10.0. The molecule has 0 fully saturated rings. The first-order valence-corrected chi connectivity index (χ1v) is 13.5. The van der Waals surface area contributed by atoms with E-state index in [2.05, 4.69) is 53.5 Å². The average molecular weight is 527 g/mol. The molecule has 3 aromatic heterocycles. The van der Waals surface area contributed by atoms with Crippen LogP contribution in [0.2, 0.25) is 0 Å². The molecule has 0 aliphatic rings. The predicted octanol–water partition coefficient (Wildman–Crippen LogP) is 8.99. The van der Waals surface area contributed by atoms with E-state index >= 15 is 0 Å². The molecule has 0 spiro atoms. The SMILES string of the molecule is c1ccc(-c2ccc(-c3nc(-c4ccccc4)nc(-c4cccc5oc6cc7cnccc7cc6c45)n3)cc2)cc1. The minimum absolute atomic E-state index is 0.601. The molecule has 0 N–H and O–H groups in total. The van der Waals surface area contributed by atoms with Gasteiger partial charge in [-0.05, 0) is 40.8 Å². The summed E-state index contributed by atoms with van der Waals surface area (Å²) in [6, 6.07) is 41.0. The van der Waals surface area contributed by atoms with Crippen LogP contribution in [0.4, 0.5) is 0 Å². The number of furan rings is 1. The molecule has 0 aliphatic carbocycles. The third kappa shape index (κ3) is 4.12. The van der Waals surface area contributed by atoms with E-state index in [4.69, 9.17) is 19.4 Å². The van der Waals surface area contributed by atoms with Crippen molar-refractivity contribution in [2.75, 3.05) is 0 Å². The van der Waals surface area contributed by atoms with Crippen LogP contribution in [0.15, 0.2) is 138 Å². The number of fused-ring (bicyclic) bond motifs is 4. The predicted molar refractivity (Wildman–Crippen MR) is 164 cm³/mol. The van der Waals surface area contributed by atoms with E-state index in [1.54, 1.807) is 0 Å². The molecule has 5 aromatic carbocycles. The van der Waals surface area contributed by atoms with Crippen molar-refractivity contribution >= 4 is 32.7 Å². The minimum Gasteiger partial charge on any atom is -0.456 e. The highest BCUT2D eigenvalue weighted by molar-refractivity contribution is 6.15. The van der Waals surface area contributed by atoms with Gasteiger partial charge in [-0.15, -0.1) is 0 Å². The summed E-state index contributed by atoms with van der Waals surface area (Å²) in [4.78, 5) is 19.2.